The van der Waals surface area contributed by atoms with E-state index in [1.54, 1.807) is 11.8 Å². The van der Waals surface area contributed by atoms with E-state index in [1.165, 1.54) is 4.90 Å². The normalized spacial score (nSPS) is 12.9. The number of thioether (sulfide) groups is 1. The third-order valence-electron chi connectivity index (χ3n) is 1.88. The molecule has 0 spiro atoms. The van der Waals surface area contributed by atoms with Gasteiger partial charge in [0.25, 0.3) is 0 Å². The fourth-order valence-corrected chi connectivity index (χ4v) is 1.82. The van der Waals surface area contributed by atoms with E-state index in [4.69, 9.17) is 0 Å². The molecule has 2 heteroatoms. The molecule has 0 heterocycles. The first kappa shape index (κ1) is 9.62. The van der Waals surface area contributed by atoms with Gasteiger partial charge in [-0.2, -0.15) is 0 Å². The van der Waals surface area contributed by atoms with Crippen molar-refractivity contribution in [3.05, 3.63) is 29.8 Å². The smallest absolute Gasteiger partial charge is 0.0798 e. The van der Waals surface area contributed by atoms with E-state index in [1.807, 2.05) is 37.4 Å². The molecule has 0 bridgehead atoms. The van der Waals surface area contributed by atoms with Gasteiger partial charge >= 0.3 is 0 Å². The maximum absolute atomic E-state index is 9.63. The Morgan fingerprint density at radius 1 is 1.42 bits per heavy atom. The molecule has 1 aromatic carbocycles. The predicted molar refractivity (Wildman–Crippen MR) is 53.5 cm³/mol. The Morgan fingerprint density at radius 3 is 2.67 bits per heavy atom. The van der Waals surface area contributed by atoms with Crippen molar-refractivity contribution in [2.24, 2.45) is 0 Å². The third-order valence-corrected chi connectivity index (χ3v) is 2.70. The van der Waals surface area contributed by atoms with Crippen LogP contribution in [0.4, 0.5) is 0 Å². The maximum atomic E-state index is 9.63. The van der Waals surface area contributed by atoms with Crippen molar-refractivity contribution < 1.29 is 5.11 Å². The lowest BCUT2D eigenvalue weighted by atomic mass is 10.1. The molecular formula is C10H14OS. The molecule has 0 aliphatic heterocycles. The molecule has 12 heavy (non-hydrogen) atoms. The van der Waals surface area contributed by atoms with Gasteiger partial charge < -0.3 is 5.11 Å². The van der Waals surface area contributed by atoms with Gasteiger partial charge in [0.15, 0.2) is 0 Å². The zero-order chi connectivity index (χ0) is 8.97. The molecule has 1 aromatic rings. The van der Waals surface area contributed by atoms with E-state index in [0.29, 0.717) is 0 Å². The van der Waals surface area contributed by atoms with Crippen LogP contribution in [-0.4, -0.2) is 11.4 Å². The van der Waals surface area contributed by atoms with Gasteiger partial charge in [0.1, 0.15) is 0 Å². The predicted octanol–water partition coefficient (Wildman–Crippen LogP) is 2.85. The lowest BCUT2D eigenvalue weighted by Gasteiger charge is -2.11. The first-order valence-corrected chi connectivity index (χ1v) is 5.33. The topological polar surface area (TPSA) is 20.2 Å². The maximum Gasteiger partial charge on any atom is 0.0798 e. The van der Waals surface area contributed by atoms with Gasteiger partial charge in [-0.25, -0.2) is 0 Å². The fraction of sp³-hybridized carbons (Fsp3) is 0.400. The Bertz CT molecular complexity index is 247. The van der Waals surface area contributed by atoms with E-state index in [0.717, 1.165) is 12.0 Å². The molecule has 0 aliphatic rings. The minimum absolute atomic E-state index is 0.311. The van der Waals surface area contributed by atoms with Gasteiger partial charge in [0.05, 0.1) is 6.10 Å². The van der Waals surface area contributed by atoms with Crippen molar-refractivity contribution in [1.29, 1.82) is 0 Å². The Morgan fingerprint density at radius 2 is 2.08 bits per heavy atom. The number of rotatable bonds is 3. The summed E-state index contributed by atoms with van der Waals surface area (Å²) in [7, 11) is 0. The zero-order valence-electron chi connectivity index (χ0n) is 7.45. The summed E-state index contributed by atoms with van der Waals surface area (Å²) in [5.74, 6) is 0. The zero-order valence-corrected chi connectivity index (χ0v) is 8.27. The molecule has 0 saturated carbocycles. The number of benzene rings is 1. The van der Waals surface area contributed by atoms with Crippen LogP contribution < -0.4 is 0 Å². The summed E-state index contributed by atoms with van der Waals surface area (Å²) in [6, 6.07) is 7.99. The molecule has 0 aliphatic carbocycles. The Balaban J connectivity index is 2.96. The van der Waals surface area contributed by atoms with Crippen molar-refractivity contribution in [3.63, 3.8) is 0 Å². The minimum Gasteiger partial charge on any atom is -0.388 e. The van der Waals surface area contributed by atoms with Crippen LogP contribution in [0.1, 0.15) is 25.0 Å². The van der Waals surface area contributed by atoms with Crippen LogP contribution in [0.2, 0.25) is 0 Å². The first-order valence-electron chi connectivity index (χ1n) is 4.10. The van der Waals surface area contributed by atoms with Gasteiger partial charge in [-0.05, 0) is 24.3 Å². The van der Waals surface area contributed by atoms with Crippen LogP contribution in [0.3, 0.4) is 0 Å². The van der Waals surface area contributed by atoms with Crippen LogP contribution >= 0.6 is 11.8 Å². The Hall–Kier alpha value is -0.470. The highest BCUT2D eigenvalue weighted by molar-refractivity contribution is 7.98. The van der Waals surface area contributed by atoms with Gasteiger partial charge in [-0.3, -0.25) is 0 Å². The molecule has 1 N–H and O–H groups in total. The highest BCUT2D eigenvalue weighted by atomic mass is 32.2. The number of hydrogen-bond donors (Lipinski definition) is 1. The highest BCUT2D eigenvalue weighted by Crippen LogP contribution is 2.26. The molecule has 0 aromatic heterocycles. The van der Waals surface area contributed by atoms with Crippen molar-refractivity contribution >= 4 is 11.8 Å². The third kappa shape index (κ3) is 2.02. The quantitative estimate of drug-likeness (QED) is 0.725. The van der Waals surface area contributed by atoms with E-state index in [-0.39, 0.29) is 6.10 Å². The largest absolute Gasteiger partial charge is 0.388 e. The Kier molecular flexibility index (Phi) is 3.63. The van der Waals surface area contributed by atoms with Crippen molar-refractivity contribution in [2.75, 3.05) is 6.26 Å². The van der Waals surface area contributed by atoms with Crippen LogP contribution in [0.5, 0.6) is 0 Å². The summed E-state index contributed by atoms with van der Waals surface area (Å²) >= 11 is 1.68. The average Bonchev–Trinajstić information content (AvgIpc) is 2.16. The van der Waals surface area contributed by atoms with E-state index >= 15 is 0 Å². The van der Waals surface area contributed by atoms with E-state index in [9.17, 15) is 5.11 Å². The molecular weight excluding hydrogens is 168 g/mol. The highest BCUT2D eigenvalue weighted by Gasteiger charge is 2.07. The average molecular weight is 182 g/mol. The lowest BCUT2D eigenvalue weighted by Crippen LogP contribution is -1.96. The summed E-state index contributed by atoms with van der Waals surface area (Å²) in [5.41, 5.74) is 1.05. The second-order valence-electron chi connectivity index (χ2n) is 2.67. The van der Waals surface area contributed by atoms with Crippen LogP contribution in [0.25, 0.3) is 0 Å². The molecule has 0 saturated heterocycles. The molecule has 66 valence electrons. The Labute approximate surface area is 77.8 Å². The van der Waals surface area contributed by atoms with E-state index in [2.05, 4.69) is 0 Å². The SMILES string of the molecule is CC[C@H](O)c1ccccc1SC. The summed E-state index contributed by atoms with van der Waals surface area (Å²) in [6.45, 7) is 1.99. The number of hydrogen-bond acceptors (Lipinski definition) is 2. The second-order valence-corrected chi connectivity index (χ2v) is 3.51. The second kappa shape index (κ2) is 4.53. The monoisotopic (exact) mass is 182 g/mol. The van der Waals surface area contributed by atoms with Crippen LogP contribution in [0, 0.1) is 0 Å². The van der Waals surface area contributed by atoms with Crippen molar-refractivity contribution in [2.45, 2.75) is 24.3 Å². The van der Waals surface area contributed by atoms with Crippen molar-refractivity contribution in [1.82, 2.24) is 0 Å². The standard InChI is InChI=1S/C10H14OS/c1-3-9(11)8-6-4-5-7-10(8)12-2/h4-7,9,11H,3H2,1-2H3/t9-/m0/s1. The van der Waals surface area contributed by atoms with E-state index < -0.39 is 0 Å². The molecule has 1 atom stereocenters. The first-order chi connectivity index (χ1) is 5.79. The van der Waals surface area contributed by atoms with Gasteiger partial charge in [-0.1, -0.05) is 25.1 Å². The van der Waals surface area contributed by atoms with Crippen molar-refractivity contribution in [3.8, 4) is 0 Å². The molecule has 0 radical (unpaired) electrons. The van der Waals surface area contributed by atoms with Gasteiger partial charge in [0, 0.05) is 4.90 Å². The fourth-order valence-electron chi connectivity index (χ4n) is 1.16. The molecule has 0 unspecified atom stereocenters. The molecule has 1 rings (SSSR count). The summed E-state index contributed by atoms with van der Waals surface area (Å²) in [4.78, 5) is 1.17. The number of aliphatic hydroxyl groups is 1. The minimum atomic E-state index is -0.311. The van der Waals surface area contributed by atoms with Crippen LogP contribution in [-0.2, 0) is 0 Å². The lowest BCUT2D eigenvalue weighted by molar-refractivity contribution is 0.171. The van der Waals surface area contributed by atoms with Crippen LogP contribution in [0.15, 0.2) is 29.2 Å². The molecule has 0 fully saturated rings. The van der Waals surface area contributed by atoms with Gasteiger partial charge in [-0.15, -0.1) is 11.8 Å². The number of aliphatic hydroxyl groups excluding tert-OH is 1. The molecule has 0 amide bonds. The summed E-state index contributed by atoms with van der Waals surface area (Å²) in [5, 5.41) is 9.63. The summed E-state index contributed by atoms with van der Waals surface area (Å²) < 4.78 is 0. The van der Waals surface area contributed by atoms with Gasteiger partial charge in [0.2, 0.25) is 0 Å². The molecule has 1 nitrogen and oxygen atoms in total. The summed E-state index contributed by atoms with van der Waals surface area (Å²) in [6.07, 6.45) is 2.49.